The van der Waals surface area contributed by atoms with Crippen molar-refractivity contribution in [3.63, 3.8) is 0 Å². The van der Waals surface area contributed by atoms with Crippen LogP contribution in [0.15, 0.2) is 30.5 Å². The first-order valence-corrected chi connectivity index (χ1v) is 6.54. The Bertz CT molecular complexity index is 510. The zero-order chi connectivity index (χ0) is 13.5. The Kier molecular flexibility index (Phi) is 5.06. The van der Waals surface area contributed by atoms with Gasteiger partial charge in [0.2, 0.25) is 0 Å². The average Bonchev–Trinajstić information content (AvgIpc) is 2.83. The van der Waals surface area contributed by atoms with Gasteiger partial charge in [-0.3, -0.25) is 0 Å². The van der Waals surface area contributed by atoms with Crippen molar-refractivity contribution in [3.05, 3.63) is 47.3 Å². The minimum absolute atomic E-state index is 0.0869. The maximum absolute atomic E-state index is 8.79. The molecule has 0 aliphatic carbocycles. The van der Waals surface area contributed by atoms with Gasteiger partial charge in [-0.05, 0) is 25.5 Å². The van der Waals surface area contributed by atoms with Crippen molar-refractivity contribution in [3.8, 4) is 0 Å². The van der Waals surface area contributed by atoms with Gasteiger partial charge in [0.1, 0.15) is 0 Å². The summed E-state index contributed by atoms with van der Waals surface area (Å²) in [6, 6.07) is 8.55. The lowest BCUT2D eigenvalue weighted by Crippen LogP contribution is -2.17. The van der Waals surface area contributed by atoms with E-state index in [1.807, 2.05) is 6.20 Å². The molecule has 5 nitrogen and oxygen atoms in total. The minimum atomic E-state index is 0.0869. The van der Waals surface area contributed by atoms with E-state index < -0.39 is 0 Å². The summed E-state index contributed by atoms with van der Waals surface area (Å²) in [4.78, 5) is 0. The summed E-state index contributed by atoms with van der Waals surface area (Å²) in [6.45, 7) is 4.31. The molecule has 2 N–H and O–H groups in total. The van der Waals surface area contributed by atoms with Gasteiger partial charge >= 0.3 is 0 Å². The van der Waals surface area contributed by atoms with Crippen LogP contribution in [0.1, 0.15) is 16.8 Å². The largest absolute Gasteiger partial charge is 0.394 e. The highest BCUT2D eigenvalue weighted by molar-refractivity contribution is 5.22. The predicted octanol–water partition coefficient (Wildman–Crippen LogP) is 0.911. The highest BCUT2D eigenvalue weighted by Crippen LogP contribution is 2.04. The number of rotatable bonds is 7. The summed E-state index contributed by atoms with van der Waals surface area (Å²) >= 11 is 0. The lowest BCUT2D eigenvalue weighted by Gasteiger charge is -2.03. The van der Waals surface area contributed by atoms with E-state index in [1.165, 1.54) is 11.1 Å². The fourth-order valence-electron chi connectivity index (χ4n) is 1.95. The fraction of sp³-hybridized carbons (Fsp3) is 0.429. The van der Waals surface area contributed by atoms with Crippen LogP contribution < -0.4 is 5.32 Å². The number of aryl methyl sites for hydroxylation is 1. The van der Waals surface area contributed by atoms with Crippen LogP contribution in [0.2, 0.25) is 0 Å². The van der Waals surface area contributed by atoms with Crippen molar-refractivity contribution < 1.29 is 5.11 Å². The Balaban J connectivity index is 1.71. The van der Waals surface area contributed by atoms with Gasteiger partial charge < -0.3 is 10.4 Å². The number of aromatic nitrogens is 3. The van der Waals surface area contributed by atoms with Crippen LogP contribution in [-0.2, 0) is 19.5 Å². The van der Waals surface area contributed by atoms with E-state index in [0.29, 0.717) is 13.1 Å². The van der Waals surface area contributed by atoms with E-state index >= 15 is 0 Å². The summed E-state index contributed by atoms with van der Waals surface area (Å²) in [5.41, 5.74) is 3.54. The van der Waals surface area contributed by atoms with Gasteiger partial charge in [-0.2, -0.15) is 0 Å². The van der Waals surface area contributed by atoms with E-state index in [1.54, 1.807) is 4.68 Å². The Labute approximate surface area is 113 Å². The molecule has 5 heteroatoms. The molecule has 0 spiro atoms. The number of hydrogen-bond acceptors (Lipinski definition) is 4. The van der Waals surface area contributed by atoms with Gasteiger partial charge in [0.25, 0.3) is 0 Å². The molecule has 0 atom stereocenters. The molecular weight excluding hydrogens is 240 g/mol. The van der Waals surface area contributed by atoms with Crippen LogP contribution in [-0.4, -0.2) is 33.3 Å². The standard InChI is InChI=1S/C14H20N4O/c1-12-3-2-4-13(9-12)5-6-15-10-14-11-18(7-8-19)17-16-14/h2-4,9,11,15,19H,5-8,10H2,1H3. The lowest BCUT2D eigenvalue weighted by molar-refractivity contribution is 0.268. The molecule has 1 heterocycles. The van der Waals surface area contributed by atoms with Crippen molar-refractivity contribution in [2.24, 2.45) is 0 Å². The molecule has 0 aliphatic heterocycles. The summed E-state index contributed by atoms with van der Waals surface area (Å²) < 4.78 is 1.65. The number of aliphatic hydroxyl groups excluding tert-OH is 1. The van der Waals surface area contributed by atoms with Crippen molar-refractivity contribution >= 4 is 0 Å². The number of hydrogen-bond donors (Lipinski definition) is 2. The van der Waals surface area contributed by atoms with Gasteiger partial charge in [-0.25, -0.2) is 4.68 Å². The summed E-state index contributed by atoms with van der Waals surface area (Å²) in [5.74, 6) is 0. The van der Waals surface area contributed by atoms with E-state index in [0.717, 1.165) is 18.7 Å². The van der Waals surface area contributed by atoms with Gasteiger partial charge in [0.15, 0.2) is 0 Å². The number of nitrogens with zero attached hydrogens (tertiary/aromatic N) is 3. The molecule has 0 aliphatic rings. The molecule has 0 saturated carbocycles. The third kappa shape index (κ3) is 4.46. The summed E-state index contributed by atoms with van der Waals surface area (Å²) in [7, 11) is 0. The van der Waals surface area contributed by atoms with Gasteiger partial charge in [-0.15, -0.1) is 5.10 Å². The molecule has 0 radical (unpaired) electrons. The Morgan fingerprint density at radius 3 is 3.05 bits per heavy atom. The Morgan fingerprint density at radius 2 is 2.26 bits per heavy atom. The summed E-state index contributed by atoms with van der Waals surface area (Å²) in [6.07, 6.45) is 2.86. The molecule has 0 amide bonds. The molecule has 0 saturated heterocycles. The van der Waals surface area contributed by atoms with Crippen LogP contribution in [0.5, 0.6) is 0 Å². The van der Waals surface area contributed by atoms with Crippen LogP contribution >= 0.6 is 0 Å². The second kappa shape index (κ2) is 7.01. The zero-order valence-corrected chi connectivity index (χ0v) is 11.2. The summed E-state index contributed by atoms with van der Waals surface area (Å²) in [5, 5.41) is 20.1. The fourth-order valence-corrected chi connectivity index (χ4v) is 1.95. The van der Waals surface area contributed by atoms with E-state index in [9.17, 15) is 0 Å². The van der Waals surface area contributed by atoms with Crippen LogP contribution in [0, 0.1) is 6.92 Å². The average molecular weight is 260 g/mol. The quantitative estimate of drug-likeness (QED) is 0.726. The second-order valence-electron chi connectivity index (χ2n) is 4.61. The molecule has 1 aromatic heterocycles. The highest BCUT2D eigenvalue weighted by atomic mass is 16.3. The highest BCUT2D eigenvalue weighted by Gasteiger charge is 2.00. The molecule has 1 aromatic carbocycles. The van der Waals surface area contributed by atoms with Crippen LogP contribution in [0.3, 0.4) is 0 Å². The van der Waals surface area contributed by atoms with E-state index in [2.05, 4.69) is 46.8 Å². The van der Waals surface area contributed by atoms with Gasteiger partial charge in [-0.1, -0.05) is 35.0 Å². The third-order valence-electron chi connectivity index (χ3n) is 2.89. The maximum atomic E-state index is 8.79. The first kappa shape index (κ1) is 13.7. The number of aliphatic hydroxyl groups is 1. The molecule has 0 fully saturated rings. The molecule has 19 heavy (non-hydrogen) atoms. The topological polar surface area (TPSA) is 63.0 Å². The van der Waals surface area contributed by atoms with E-state index in [-0.39, 0.29) is 6.61 Å². The van der Waals surface area contributed by atoms with Gasteiger partial charge in [0, 0.05) is 12.7 Å². The zero-order valence-electron chi connectivity index (χ0n) is 11.2. The molecule has 2 aromatic rings. The predicted molar refractivity (Wildman–Crippen MR) is 73.7 cm³/mol. The van der Waals surface area contributed by atoms with Crippen molar-refractivity contribution in [2.75, 3.05) is 13.2 Å². The maximum Gasteiger partial charge on any atom is 0.0964 e. The second-order valence-corrected chi connectivity index (χ2v) is 4.61. The Hall–Kier alpha value is -1.72. The minimum Gasteiger partial charge on any atom is -0.394 e. The third-order valence-corrected chi connectivity index (χ3v) is 2.89. The normalized spacial score (nSPS) is 10.8. The monoisotopic (exact) mass is 260 g/mol. The first-order chi connectivity index (χ1) is 9.28. The molecule has 0 bridgehead atoms. The van der Waals surface area contributed by atoms with Crippen LogP contribution in [0.4, 0.5) is 0 Å². The molecular formula is C14H20N4O. The van der Waals surface area contributed by atoms with Crippen LogP contribution in [0.25, 0.3) is 0 Å². The number of benzene rings is 1. The molecule has 102 valence electrons. The van der Waals surface area contributed by atoms with Crippen molar-refractivity contribution in [1.82, 2.24) is 20.3 Å². The first-order valence-electron chi connectivity index (χ1n) is 6.54. The lowest BCUT2D eigenvalue weighted by atomic mass is 10.1. The van der Waals surface area contributed by atoms with Gasteiger partial charge in [0.05, 0.1) is 18.8 Å². The molecule has 0 unspecified atom stereocenters. The Morgan fingerprint density at radius 1 is 1.37 bits per heavy atom. The molecule has 2 rings (SSSR count). The van der Waals surface area contributed by atoms with E-state index in [4.69, 9.17) is 5.11 Å². The number of nitrogens with one attached hydrogen (secondary N) is 1. The van der Waals surface area contributed by atoms with Crippen molar-refractivity contribution in [1.29, 1.82) is 0 Å². The SMILES string of the molecule is Cc1cccc(CCNCc2cn(CCO)nn2)c1. The van der Waals surface area contributed by atoms with Crippen molar-refractivity contribution in [2.45, 2.75) is 26.4 Å². The smallest absolute Gasteiger partial charge is 0.0964 e.